The fourth-order valence-electron chi connectivity index (χ4n) is 1.27. The van der Waals surface area contributed by atoms with Gasteiger partial charge in [0, 0.05) is 0 Å². The molecule has 3 heteroatoms. The first kappa shape index (κ1) is 13.2. The minimum atomic E-state index is -0.335. The van der Waals surface area contributed by atoms with Gasteiger partial charge in [-0.05, 0) is 38.0 Å². The Hall–Kier alpha value is -1.90. The topological polar surface area (TPSA) is 18.5 Å². The number of hydrogen-bond donors (Lipinski definition) is 0. The van der Waals surface area contributed by atoms with Crippen molar-refractivity contribution < 1.29 is 9.31 Å². The van der Waals surface area contributed by atoms with Crippen LogP contribution in [0.3, 0.4) is 0 Å². The average Bonchev–Trinajstić information content (AvgIpc) is 2.35. The summed E-state index contributed by atoms with van der Waals surface area (Å²) in [5, 5.41) is 0. The maximum Gasteiger partial charge on any atom is 0.591 e. The van der Waals surface area contributed by atoms with E-state index in [-0.39, 0.29) is 7.12 Å². The molecule has 0 saturated carbocycles. The first-order chi connectivity index (χ1) is 8.26. The van der Waals surface area contributed by atoms with Crippen LogP contribution in [0.5, 0.6) is 5.75 Å². The maximum atomic E-state index is 5.61. The van der Waals surface area contributed by atoms with Crippen molar-refractivity contribution in [1.29, 1.82) is 0 Å². The van der Waals surface area contributed by atoms with E-state index in [9.17, 15) is 0 Å². The molecule has 0 aliphatic carbocycles. The Bertz CT molecular complexity index is 396. The lowest BCUT2D eigenvalue weighted by molar-refractivity contribution is 0.362. The van der Waals surface area contributed by atoms with E-state index in [2.05, 4.69) is 6.58 Å². The zero-order valence-corrected chi connectivity index (χ0v) is 10.3. The highest BCUT2D eigenvalue weighted by molar-refractivity contribution is 6.43. The molecule has 1 rings (SSSR count). The van der Waals surface area contributed by atoms with Gasteiger partial charge in [-0.1, -0.05) is 36.9 Å². The summed E-state index contributed by atoms with van der Waals surface area (Å²) >= 11 is 0. The summed E-state index contributed by atoms with van der Waals surface area (Å²) in [4.78, 5) is 0. The Kier molecular flexibility index (Phi) is 5.73. The first-order valence-corrected chi connectivity index (χ1v) is 5.60. The lowest BCUT2D eigenvalue weighted by Crippen LogP contribution is -2.21. The van der Waals surface area contributed by atoms with Crippen molar-refractivity contribution >= 4 is 7.12 Å². The SMILES string of the molecule is C=C/C=C\C(=C/C)OB(C)Oc1ccccc1. The highest BCUT2D eigenvalue weighted by Gasteiger charge is 2.14. The van der Waals surface area contributed by atoms with E-state index in [1.54, 1.807) is 6.08 Å². The van der Waals surface area contributed by atoms with Crippen LogP contribution in [-0.2, 0) is 4.65 Å². The third-order valence-electron chi connectivity index (χ3n) is 2.03. The molecule has 2 nitrogen and oxygen atoms in total. The van der Waals surface area contributed by atoms with Crippen molar-refractivity contribution in [3.8, 4) is 5.75 Å². The first-order valence-electron chi connectivity index (χ1n) is 5.60. The molecule has 1 aromatic rings. The molecule has 0 N–H and O–H groups in total. The van der Waals surface area contributed by atoms with Gasteiger partial charge in [0.15, 0.2) is 0 Å². The summed E-state index contributed by atoms with van der Waals surface area (Å²) in [5.74, 6) is 1.55. The van der Waals surface area contributed by atoms with E-state index in [0.29, 0.717) is 0 Å². The van der Waals surface area contributed by atoms with Crippen LogP contribution in [0, 0.1) is 0 Å². The van der Waals surface area contributed by atoms with Gasteiger partial charge in [0.2, 0.25) is 0 Å². The summed E-state index contributed by atoms with van der Waals surface area (Å²) in [6, 6.07) is 9.60. The Morgan fingerprint density at radius 1 is 1.29 bits per heavy atom. The fourth-order valence-corrected chi connectivity index (χ4v) is 1.27. The maximum absolute atomic E-state index is 5.61. The standard InChI is InChI=1S/C14H17BO2/c1-4-6-10-13(5-2)16-15(3)17-14-11-8-7-9-12-14/h4-12H,1H2,2-3H3/b10-6-,13-5+. The normalized spacial score (nSPS) is 11.3. The monoisotopic (exact) mass is 228 g/mol. The molecule has 0 unspecified atom stereocenters. The molecular formula is C14H17BO2. The van der Waals surface area contributed by atoms with Gasteiger partial charge in [0.1, 0.15) is 5.75 Å². The predicted octanol–water partition coefficient (Wildman–Crippen LogP) is 3.85. The van der Waals surface area contributed by atoms with Crippen molar-refractivity contribution in [3.63, 3.8) is 0 Å². The quantitative estimate of drug-likeness (QED) is 0.418. The molecule has 0 bridgehead atoms. The lowest BCUT2D eigenvalue weighted by atomic mass is 9.95. The molecule has 17 heavy (non-hydrogen) atoms. The van der Waals surface area contributed by atoms with E-state index in [1.165, 1.54) is 0 Å². The molecule has 88 valence electrons. The highest BCUT2D eigenvalue weighted by Crippen LogP contribution is 2.12. The van der Waals surface area contributed by atoms with Crippen molar-refractivity contribution in [2.45, 2.75) is 13.7 Å². The summed E-state index contributed by atoms with van der Waals surface area (Å²) in [7, 11) is -0.335. The number of allylic oxidation sites excluding steroid dienone is 4. The molecule has 0 amide bonds. The smallest absolute Gasteiger partial charge is 0.526 e. The molecule has 0 fully saturated rings. The molecular weight excluding hydrogens is 211 g/mol. The molecule has 0 aromatic heterocycles. The molecule has 0 aliphatic heterocycles. The van der Waals surface area contributed by atoms with Crippen LogP contribution in [0.15, 0.2) is 67.0 Å². The van der Waals surface area contributed by atoms with Crippen LogP contribution in [0.4, 0.5) is 0 Å². The molecule has 0 saturated heterocycles. The fraction of sp³-hybridized carbons (Fsp3) is 0.143. The van der Waals surface area contributed by atoms with Crippen LogP contribution in [0.25, 0.3) is 0 Å². The molecule has 0 aliphatic rings. The van der Waals surface area contributed by atoms with Crippen LogP contribution >= 0.6 is 0 Å². The second kappa shape index (κ2) is 7.39. The van der Waals surface area contributed by atoms with Gasteiger partial charge in [-0.15, -0.1) is 0 Å². The summed E-state index contributed by atoms with van der Waals surface area (Å²) in [6.07, 6.45) is 7.25. The Balaban J connectivity index is 2.51. The van der Waals surface area contributed by atoms with Gasteiger partial charge < -0.3 is 9.31 Å². The van der Waals surface area contributed by atoms with Gasteiger partial charge >= 0.3 is 7.12 Å². The zero-order valence-electron chi connectivity index (χ0n) is 10.3. The number of benzene rings is 1. The Labute approximate surface area is 103 Å². The Morgan fingerprint density at radius 2 is 2.00 bits per heavy atom. The number of rotatable bonds is 6. The van der Waals surface area contributed by atoms with Gasteiger partial charge in [-0.3, -0.25) is 0 Å². The van der Waals surface area contributed by atoms with E-state index in [4.69, 9.17) is 9.31 Å². The summed E-state index contributed by atoms with van der Waals surface area (Å²) in [6.45, 7) is 7.39. The van der Waals surface area contributed by atoms with Crippen molar-refractivity contribution in [1.82, 2.24) is 0 Å². The van der Waals surface area contributed by atoms with E-state index >= 15 is 0 Å². The van der Waals surface area contributed by atoms with Gasteiger partial charge in [-0.25, -0.2) is 0 Å². The summed E-state index contributed by atoms with van der Waals surface area (Å²) in [5.41, 5.74) is 0. The second-order valence-corrected chi connectivity index (χ2v) is 3.40. The van der Waals surface area contributed by atoms with Crippen LogP contribution in [0.2, 0.25) is 6.82 Å². The van der Waals surface area contributed by atoms with Crippen LogP contribution in [0.1, 0.15) is 6.92 Å². The second-order valence-electron chi connectivity index (χ2n) is 3.40. The molecule has 0 atom stereocenters. The van der Waals surface area contributed by atoms with Gasteiger partial charge in [-0.2, -0.15) is 0 Å². The summed E-state index contributed by atoms with van der Waals surface area (Å²) < 4.78 is 11.2. The molecule has 1 aromatic carbocycles. The third-order valence-corrected chi connectivity index (χ3v) is 2.03. The minimum absolute atomic E-state index is 0.335. The van der Waals surface area contributed by atoms with Gasteiger partial charge in [0.25, 0.3) is 0 Å². The van der Waals surface area contributed by atoms with Crippen LogP contribution < -0.4 is 4.65 Å². The predicted molar refractivity (Wildman–Crippen MR) is 72.9 cm³/mol. The van der Waals surface area contributed by atoms with E-state index in [1.807, 2.05) is 62.3 Å². The molecule has 0 spiro atoms. The molecule has 0 radical (unpaired) electrons. The van der Waals surface area contributed by atoms with Crippen molar-refractivity contribution in [2.75, 3.05) is 0 Å². The zero-order chi connectivity index (χ0) is 12.5. The van der Waals surface area contributed by atoms with Crippen LogP contribution in [-0.4, -0.2) is 7.12 Å². The number of hydrogen-bond acceptors (Lipinski definition) is 2. The number of para-hydroxylation sites is 1. The molecule has 0 heterocycles. The Morgan fingerprint density at radius 3 is 2.59 bits per heavy atom. The third kappa shape index (κ3) is 5.11. The highest BCUT2D eigenvalue weighted by atomic mass is 16.6. The van der Waals surface area contributed by atoms with Crippen molar-refractivity contribution in [3.05, 3.63) is 67.0 Å². The van der Waals surface area contributed by atoms with Crippen molar-refractivity contribution in [2.24, 2.45) is 0 Å². The van der Waals surface area contributed by atoms with E-state index < -0.39 is 0 Å². The van der Waals surface area contributed by atoms with Gasteiger partial charge in [0.05, 0.1) is 5.76 Å². The average molecular weight is 228 g/mol. The lowest BCUT2D eigenvalue weighted by Gasteiger charge is -2.13. The minimum Gasteiger partial charge on any atom is -0.526 e. The largest absolute Gasteiger partial charge is 0.591 e. The van der Waals surface area contributed by atoms with E-state index in [0.717, 1.165) is 11.5 Å².